The summed E-state index contributed by atoms with van der Waals surface area (Å²) < 4.78 is 26.2. The number of hydrogen-bond acceptors (Lipinski definition) is 3. The number of fused-ring (bicyclic) bond motifs is 1. The summed E-state index contributed by atoms with van der Waals surface area (Å²) in [4.78, 5) is 0.348. The van der Waals surface area contributed by atoms with Crippen molar-refractivity contribution >= 4 is 33.0 Å². The summed E-state index contributed by atoms with van der Waals surface area (Å²) in [6.07, 6.45) is 0. The first-order valence-electron chi connectivity index (χ1n) is 6.89. The minimum atomic E-state index is -3.53. The predicted octanol–water partition coefficient (Wildman–Crippen LogP) is 3.92. The highest BCUT2D eigenvalue weighted by Gasteiger charge is 2.35. The lowest BCUT2D eigenvalue weighted by Crippen LogP contribution is -2.33. The third kappa shape index (κ3) is 2.65. The molecule has 1 N–H and O–H groups in total. The summed E-state index contributed by atoms with van der Waals surface area (Å²) >= 11 is 12.3. The van der Waals surface area contributed by atoms with Gasteiger partial charge in [-0.05, 0) is 41.8 Å². The number of halogens is 2. The van der Waals surface area contributed by atoms with Crippen LogP contribution in [0.3, 0.4) is 0 Å². The van der Waals surface area contributed by atoms with E-state index in [1.54, 1.807) is 37.3 Å². The van der Waals surface area contributed by atoms with Crippen molar-refractivity contribution in [1.29, 1.82) is 0 Å². The third-order valence-corrected chi connectivity index (χ3v) is 6.68. The Morgan fingerprint density at radius 3 is 2.64 bits per heavy atom. The topological polar surface area (TPSA) is 46.2 Å². The lowest BCUT2D eigenvalue weighted by Gasteiger charge is -2.28. The van der Waals surface area contributed by atoms with Crippen LogP contribution in [0.15, 0.2) is 41.3 Å². The number of aryl methyl sites for hydroxylation is 1. The molecule has 3 rings (SSSR count). The van der Waals surface area contributed by atoms with Crippen LogP contribution in [0, 0.1) is 6.92 Å². The maximum Gasteiger partial charge on any atom is 0.186 e. The van der Waals surface area contributed by atoms with Crippen LogP contribution in [0.2, 0.25) is 10.0 Å². The van der Waals surface area contributed by atoms with Crippen molar-refractivity contribution < 1.29 is 8.42 Å². The van der Waals surface area contributed by atoms with Gasteiger partial charge in [0.1, 0.15) is 5.25 Å². The van der Waals surface area contributed by atoms with Gasteiger partial charge in [-0.2, -0.15) is 0 Å². The van der Waals surface area contributed by atoms with Crippen LogP contribution in [0.25, 0.3) is 0 Å². The fourth-order valence-corrected chi connectivity index (χ4v) is 5.63. The van der Waals surface area contributed by atoms with Gasteiger partial charge in [-0.1, -0.05) is 41.4 Å². The quantitative estimate of drug-likeness (QED) is 0.887. The smallest absolute Gasteiger partial charge is 0.186 e. The standard InChI is InChI=1S/C16H15Cl2NO2S/c1-10-4-2-3-5-14(10)22(20,21)15-9-19-8-11-6-12(17)7-13(18)16(11)15/h2-7,15,19H,8-9H2,1H3. The van der Waals surface area contributed by atoms with Crippen molar-refractivity contribution in [2.75, 3.05) is 6.54 Å². The molecule has 6 heteroatoms. The minimum Gasteiger partial charge on any atom is -0.311 e. The minimum absolute atomic E-state index is 0.338. The summed E-state index contributed by atoms with van der Waals surface area (Å²) in [5, 5.41) is 3.36. The molecule has 0 radical (unpaired) electrons. The lowest BCUT2D eigenvalue weighted by molar-refractivity contribution is 0.555. The number of sulfone groups is 1. The van der Waals surface area contributed by atoms with Gasteiger partial charge in [0.25, 0.3) is 0 Å². The summed E-state index contributed by atoms with van der Waals surface area (Å²) in [6, 6.07) is 10.4. The molecular weight excluding hydrogens is 341 g/mol. The molecule has 22 heavy (non-hydrogen) atoms. The van der Waals surface area contributed by atoms with Crippen LogP contribution in [0.1, 0.15) is 21.9 Å². The van der Waals surface area contributed by atoms with E-state index in [4.69, 9.17) is 23.2 Å². The summed E-state index contributed by atoms with van der Waals surface area (Å²) in [7, 11) is -3.53. The van der Waals surface area contributed by atoms with Gasteiger partial charge in [0, 0.05) is 23.1 Å². The van der Waals surface area contributed by atoms with Crippen LogP contribution >= 0.6 is 23.2 Å². The van der Waals surface area contributed by atoms with E-state index in [-0.39, 0.29) is 0 Å². The second kappa shape index (κ2) is 5.85. The largest absolute Gasteiger partial charge is 0.311 e. The van der Waals surface area contributed by atoms with Gasteiger partial charge in [-0.15, -0.1) is 0 Å². The number of rotatable bonds is 2. The first-order chi connectivity index (χ1) is 10.4. The Hall–Kier alpha value is -1.07. The van der Waals surface area contributed by atoms with Crippen molar-refractivity contribution in [3.8, 4) is 0 Å². The van der Waals surface area contributed by atoms with Gasteiger partial charge in [-0.3, -0.25) is 0 Å². The molecule has 0 saturated carbocycles. The highest BCUT2D eigenvalue weighted by atomic mass is 35.5. The second-order valence-corrected chi connectivity index (χ2v) is 8.33. The summed E-state index contributed by atoms with van der Waals surface area (Å²) in [5.41, 5.74) is 2.23. The lowest BCUT2D eigenvalue weighted by atomic mass is 10.0. The van der Waals surface area contributed by atoms with Crippen molar-refractivity contribution in [2.24, 2.45) is 0 Å². The monoisotopic (exact) mass is 355 g/mol. The highest BCUT2D eigenvalue weighted by molar-refractivity contribution is 7.91. The molecule has 0 amide bonds. The Balaban J connectivity index is 2.18. The molecule has 0 fully saturated rings. The molecule has 0 spiro atoms. The Morgan fingerprint density at radius 1 is 1.18 bits per heavy atom. The van der Waals surface area contributed by atoms with E-state index in [0.29, 0.717) is 33.6 Å². The first-order valence-corrected chi connectivity index (χ1v) is 9.19. The SMILES string of the molecule is Cc1ccccc1S(=O)(=O)C1CNCc2cc(Cl)cc(Cl)c21. The molecule has 2 aromatic carbocycles. The molecule has 1 atom stereocenters. The molecule has 116 valence electrons. The molecule has 3 nitrogen and oxygen atoms in total. The van der Waals surface area contributed by atoms with E-state index in [0.717, 1.165) is 11.1 Å². The number of hydrogen-bond donors (Lipinski definition) is 1. The fraction of sp³-hybridized carbons (Fsp3) is 0.250. The fourth-order valence-electron chi connectivity index (χ4n) is 2.88. The highest BCUT2D eigenvalue weighted by Crippen LogP contribution is 2.39. The Morgan fingerprint density at radius 2 is 1.91 bits per heavy atom. The molecule has 1 aliphatic heterocycles. The molecule has 0 bridgehead atoms. The summed E-state index contributed by atoms with van der Waals surface area (Å²) in [6.45, 7) is 2.70. The van der Waals surface area contributed by atoms with E-state index in [1.807, 2.05) is 6.07 Å². The Bertz CT molecular complexity index is 834. The molecule has 1 heterocycles. The van der Waals surface area contributed by atoms with Crippen LogP contribution in [-0.4, -0.2) is 15.0 Å². The van der Waals surface area contributed by atoms with Crippen molar-refractivity contribution in [1.82, 2.24) is 5.32 Å². The van der Waals surface area contributed by atoms with Crippen molar-refractivity contribution in [3.05, 3.63) is 63.1 Å². The van der Waals surface area contributed by atoms with Gasteiger partial charge in [0.15, 0.2) is 9.84 Å². The molecule has 0 aliphatic carbocycles. The van der Waals surface area contributed by atoms with Gasteiger partial charge in [0.2, 0.25) is 0 Å². The zero-order chi connectivity index (χ0) is 15.9. The zero-order valence-electron chi connectivity index (χ0n) is 11.9. The Labute approximate surface area is 140 Å². The van der Waals surface area contributed by atoms with Crippen LogP contribution in [0.4, 0.5) is 0 Å². The number of benzene rings is 2. The van der Waals surface area contributed by atoms with Gasteiger partial charge in [-0.25, -0.2) is 8.42 Å². The van der Waals surface area contributed by atoms with E-state index in [9.17, 15) is 8.42 Å². The second-order valence-electron chi connectivity index (χ2n) is 5.39. The average molecular weight is 356 g/mol. The molecule has 1 aliphatic rings. The van der Waals surface area contributed by atoms with Gasteiger partial charge < -0.3 is 5.32 Å². The number of nitrogens with one attached hydrogen (secondary N) is 1. The van der Waals surface area contributed by atoms with Crippen LogP contribution < -0.4 is 5.32 Å². The third-order valence-electron chi connectivity index (χ3n) is 3.92. The normalized spacial score (nSPS) is 18.0. The molecule has 0 aromatic heterocycles. The molecule has 2 aromatic rings. The van der Waals surface area contributed by atoms with E-state index >= 15 is 0 Å². The first kappa shape index (κ1) is 15.8. The summed E-state index contributed by atoms with van der Waals surface area (Å²) in [5.74, 6) is 0. The van der Waals surface area contributed by atoms with Crippen molar-refractivity contribution in [2.45, 2.75) is 23.6 Å². The van der Waals surface area contributed by atoms with Gasteiger partial charge in [0.05, 0.1) is 4.90 Å². The van der Waals surface area contributed by atoms with Crippen LogP contribution in [0.5, 0.6) is 0 Å². The van der Waals surface area contributed by atoms with E-state index < -0.39 is 15.1 Å². The van der Waals surface area contributed by atoms with Crippen molar-refractivity contribution in [3.63, 3.8) is 0 Å². The predicted molar refractivity (Wildman–Crippen MR) is 89.3 cm³/mol. The maximum absolute atomic E-state index is 13.1. The maximum atomic E-state index is 13.1. The van der Waals surface area contributed by atoms with Crippen LogP contribution in [-0.2, 0) is 16.4 Å². The zero-order valence-corrected chi connectivity index (χ0v) is 14.3. The van der Waals surface area contributed by atoms with Gasteiger partial charge >= 0.3 is 0 Å². The molecular formula is C16H15Cl2NO2S. The average Bonchev–Trinajstić information content (AvgIpc) is 2.46. The molecule has 1 unspecified atom stereocenters. The van der Waals surface area contributed by atoms with E-state index in [1.165, 1.54) is 0 Å². The van der Waals surface area contributed by atoms with E-state index in [2.05, 4.69) is 5.32 Å². The Kier molecular flexibility index (Phi) is 4.21. The molecule has 0 saturated heterocycles.